The normalized spacial score (nSPS) is 14.8. The van der Waals surface area contributed by atoms with Gasteiger partial charge in [-0.1, -0.05) is 6.07 Å². The summed E-state index contributed by atoms with van der Waals surface area (Å²) in [6.07, 6.45) is 0. The molecule has 0 spiro atoms. The molecule has 2 aromatic rings. The summed E-state index contributed by atoms with van der Waals surface area (Å²) in [5.41, 5.74) is 1.90. The van der Waals surface area contributed by atoms with Gasteiger partial charge in [0, 0.05) is 30.0 Å². The molecule has 30 heavy (non-hydrogen) atoms. The lowest BCUT2D eigenvalue weighted by Crippen LogP contribution is -2.30. The van der Waals surface area contributed by atoms with Gasteiger partial charge in [0.15, 0.2) is 0 Å². The Labute approximate surface area is 177 Å². The number of nitrogens with one attached hydrogen (secondary N) is 2. The number of hydrogen-bond acceptors (Lipinski definition) is 4. The van der Waals surface area contributed by atoms with Crippen LogP contribution in [-0.2, 0) is 20.2 Å². The van der Waals surface area contributed by atoms with Crippen LogP contribution in [-0.4, -0.2) is 38.2 Å². The van der Waals surface area contributed by atoms with E-state index in [9.17, 15) is 18.0 Å². The number of carbonyl (C=O) groups excluding carboxylic acids is 2. The summed E-state index contributed by atoms with van der Waals surface area (Å²) in [5.74, 6) is -0.313. The van der Waals surface area contributed by atoms with Crippen molar-refractivity contribution in [3.63, 3.8) is 0 Å². The lowest BCUT2D eigenvalue weighted by atomic mass is 9.85. The fraction of sp³-hybridized carbons (Fsp3) is 0.364. The third-order valence-electron chi connectivity index (χ3n) is 5.51. The van der Waals surface area contributed by atoms with Gasteiger partial charge in [0.05, 0.1) is 10.3 Å². The highest BCUT2D eigenvalue weighted by Crippen LogP contribution is 2.40. The molecule has 0 saturated carbocycles. The Bertz CT molecular complexity index is 1120. The lowest BCUT2D eigenvalue weighted by molar-refractivity contribution is -0.119. The minimum absolute atomic E-state index is 0.0730. The van der Waals surface area contributed by atoms with Crippen LogP contribution >= 0.6 is 0 Å². The Hall–Kier alpha value is -2.87. The quantitative estimate of drug-likeness (QED) is 0.735. The van der Waals surface area contributed by atoms with E-state index in [0.717, 1.165) is 0 Å². The molecule has 3 rings (SSSR count). The van der Waals surface area contributed by atoms with Crippen molar-refractivity contribution in [3.8, 4) is 0 Å². The number of sulfonamides is 1. The average molecular weight is 430 g/mol. The molecule has 8 heteroatoms. The molecule has 160 valence electrons. The Morgan fingerprint density at radius 1 is 1.13 bits per heavy atom. The average Bonchev–Trinajstić information content (AvgIpc) is 2.92. The summed E-state index contributed by atoms with van der Waals surface area (Å²) < 4.78 is 28.7. The number of hydrogen-bond donors (Lipinski definition) is 2. The van der Waals surface area contributed by atoms with Crippen LogP contribution in [0.5, 0.6) is 0 Å². The maximum atomic E-state index is 13.1. The van der Waals surface area contributed by atoms with Crippen molar-refractivity contribution in [2.75, 3.05) is 23.1 Å². The summed E-state index contributed by atoms with van der Waals surface area (Å²) >= 11 is 0. The smallest absolute Gasteiger partial charge is 0.261 e. The maximum Gasteiger partial charge on any atom is 0.261 e. The molecule has 7 nitrogen and oxygen atoms in total. The van der Waals surface area contributed by atoms with Gasteiger partial charge in [0.25, 0.3) is 15.9 Å². The van der Waals surface area contributed by atoms with Crippen LogP contribution in [0, 0.1) is 6.92 Å². The monoisotopic (exact) mass is 429 g/mol. The minimum atomic E-state index is -3.91. The zero-order valence-electron chi connectivity index (χ0n) is 17.9. The Morgan fingerprint density at radius 2 is 1.80 bits per heavy atom. The fourth-order valence-electron chi connectivity index (χ4n) is 3.58. The van der Waals surface area contributed by atoms with E-state index < -0.39 is 15.4 Å². The van der Waals surface area contributed by atoms with Crippen molar-refractivity contribution in [1.82, 2.24) is 4.90 Å². The number of fused-ring (bicyclic) bond motifs is 1. The minimum Gasteiger partial charge on any atom is -0.339 e. The van der Waals surface area contributed by atoms with Crippen LogP contribution in [0.1, 0.15) is 49.2 Å². The molecular weight excluding hydrogens is 402 g/mol. The van der Waals surface area contributed by atoms with Gasteiger partial charge in [0.1, 0.15) is 0 Å². The van der Waals surface area contributed by atoms with Crippen molar-refractivity contribution in [3.05, 3.63) is 53.1 Å². The van der Waals surface area contributed by atoms with E-state index in [1.165, 1.54) is 18.2 Å². The SMILES string of the molecule is CCN(CC)C(=O)c1cccc(NS(=O)(=O)c2cc(C)c3c(c2)C(C)(C)C(=O)N3)c1. The molecule has 0 fully saturated rings. The van der Waals surface area contributed by atoms with Gasteiger partial charge in [-0.3, -0.25) is 14.3 Å². The van der Waals surface area contributed by atoms with E-state index in [4.69, 9.17) is 0 Å². The molecule has 2 amide bonds. The van der Waals surface area contributed by atoms with E-state index in [1.54, 1.807) is 43.9 Å². The van der Waals surface area contributed by atoms with Gasteiger partial charge in [-0.15, -0.1) is 0 Å². The van der Waals surface area contributed by atoms with Crippen molar-refractivity contribution >= 4 is 33.2 Å². The molecule has 1 aliphatic heterocycles. The zero-order chi connectivity index (χ0) is 22.3. The number of aryl methyl sites for hydroxylation is 1. The van der Waals surface area contributed by atoms with E-state index >= 15 is 0 Å². The van der Waals surface area contributed by atoms with Gasteiger partial charge in [-0.25, -0.2) is 8.42 Å². The summed E-state index contributed by atoms with van der Waals surface area (Å²) in [6.45, 7) is 10.2. The molecule has 2 aromatic carbocycles. The molecular formula is C22H27N3O4S. The predicted octanol–water partition coefficient (Wildman–Crippen LogP) is 3.51. The van der Waals surface area contributed by atoms with Gasteiger partial charge in [-0.2, -0.15) is 0 Å². The van der Waals surface area contributed by atoms with E-state index in [0.29, 0.717) is 41.2 Å². The van der Waals surface area contributed by atoms with Gasteiger partial charge in [-0.05, 0) is 76.1 Å². The molecule has 0 unspecified atom stereocenters. The second kappa shape index (κ2) is 7.75. The van der Waals surface area contributed by atoms with E-state index in [-0.39, 0.29) is 16.7 Å². The van der Waals surface area contributed by atoms with Crippen LogP contribution in [0.25, 0.3) is 0 Å². The summed E-state index contributed by atoms with van der Waals surface area (Å²) in [7, 11) is -3.91. The molecule has 0 aromatic heterocycles. The van der Waals surface area contributed by atoms with E-state index in [2.05, 4.69) is 10.0 Å². The number of nitrogens with zero attached hydrogens (tertiary/aromatic N) is 1. The first-order valence-electron chi connectivity index (χ1n) is 9.90. The molecule has 0 bridgehead atoms. The third kappa shape index (κ3) is 3.79. The van der Waals surface area contributed by atoms with Crippen molar-refractivity contribution in [2.45, 2.75) is 44.9 Å². The van der Waals surface area contributed by atoms with Crippen molar-refractivity contribution in [1.29, 1.82) is 0 Å². The summed E-state index contributed by atoms with van der Waals surface area (Å²) in [6, 6.07) is 9.52. The zero-order valence-corrected chi connectivity index (χ0v) is 18.7. The largest absolute Gasteiger partial charge is 0.339 e. The molecule has 0 saturated heterocycles. The highest BCUT2D eigenvalue weighted by atomic mass is 32.2. The predicted molar refractivity (Wildman–Crippen MR) is 117 cm³/mol. The number of carbonyl (C=O) groups is 2. The third-order valence-corrected chi connectivity index (χ3v) is 6.87. The summed E-state index contributed by atoms with van der Waals surface area (Å²) in [4.78, 5) is 26.6. The highest BCUT2D eigenvalue weighted by Gasteiger charge is 2.40. The molecule has 0 radical (unpaired) electrons. The Morgan fingerprint density at radius 3 is 2.43 bits per heavy atom. The van der Waals surface area contributed by atoms with Crippen LogP contribution in [0.2, 0.25) is 0 Å². The standard InChI is InChI=1S/C22H27N3O4S/c1-6-25(7-2)20(26)15-9-8-10-16(12-15)24-30(28,29)17-11-14(3)19-18(13-17)22(4,5)21(27)23-19/h8-13,24H,6-7H2,1-5H3,(H,23,27). The van der Waals surface area contributed by atoms with E-state index in [1.807, 2.05) is 13.8 Å². The van der Waals surface area contributed by atoms with Crippen molar-refractivity contribution in [2.24, 2.45) is 0 Å². The number of rotatable bonds is 6. The molecule has 0 atom stereocenters. The van der Waals surface area contributed by atoms with Crippen LogP contribution in [0.3, 0.4) is 0 Å². The van der Waals surface area contributed by atoms with Crippen LogP contribution in [0.15, 0.2) is 41.3 Å². The number of amides is 2. The fourth-order valence-corrected chi connectivity index (χ4v) is 4.74. The second-order valence-electron chi connectivity index (χ2n) is 7.91. The van der Waals surface area contributed by atoms with Gasteiger partial charge < -0.3 is 10.2 Å². The molecule has 2 N–H and O–H groups in total. The topological polar surface area (TPSA) is 95.6 Å². The van der Waals surface area contributed by atoms with Crippen LogP contribution < -0.4 is 10.0 Å². The second-order valence-corrected chi connectivity index (χ2v) is 9.59. The first-order chi connectivity index (χ1) is 14.0. The van der Waals surface area contributed by atoms with Gasteiger partial charge in [0.2, 0.25) is 5.91 Å². The first-order valence-corrected chi connectivity index (χ1v) is 11.4. The first kappa shape index (κ1) is 21.8. The number of benzene rings is 2. The Balaban J connectivity index is 1.95. The summed E-state index contributed by atoms with van der Waals surface area (Å²) in [5, 5.41) is 2.83. The Kier molecular flexibility index (Phi) is 5.64. The highest BCUT2D eigenvalue weighted by molar-refractivity contribution is 7.92. The van der Waals surface area contributed by atoms with Crippen LogP contribution in [0.4, 0.5) is 11.4 Å². The van der Waals surface area contributed by atoms with Crippen molar-refractivity contribution < 1.29 is 18.0 Å². The molecule has 1 aliphatic rings. The van der Waals surface area contributed by atoms with Gasteiger partial charge >= 0.3 is 0 Å². The maximum absolute atomic E-state index is 13.1. The molecule has 0 aliphatic carbocycles. The lowest BCUT2D eigenvalue weighted by Gasteiger charge is -2.19. The number of anilines is 2. The molecule has 1 heterocycles.